The molecule has 11 heteroatoms. The highest BCUT2D eigenvalue weighted by molar-refractivity contribution is 7.87. The molecule has 1 N–H and O–H groups in total. The fourth-order valence-electron chi connectivity index (χ4n) is 7.99. The van der Waals surface area contributed by atoms with Crippen molar-refractivity contribution in [3.8, 4) is 17.0 Å². The van der Waals surface area contributed by atoms with E-state index in [1.165, 1.54) is 26.1 Å². The molecule has 2 fully saturated rings. The molecule has 1 aromatic heterocycles. The highest BCUT2D eigenvalue weighted by Gasteiger charge is 2.56. The van der Waals surface area contributed by atoms with Gasteiger partial charge >= 0.3 is 10.2 Å². The Hall–Kier alpha value is -3.67. The van der Waals surface area contributed by atoms with Gasteiger partial charge in [-0.25, -0.2) is 4.72 Å². The summed E-state index contributed by atoms with van der Waals surface area (Å²) in [6, 6.07) is 11.8. The Balaban J connectivity index is 1.43. The van der Waals surface area contributed by atoms with Gasteiger partial charge < -0.3 is 19.1 Å². The second-order valence-electron chi connectivity index (χ2n) is 13.7. The number of hydrogen-bond acceptors (Lipinski definition) is 6. The maximum absolute atomic E-state index is 14.6. The number of carbonyl (C=O) groups excluding carboxylic acids is 2. The fraction of sp³-hybridized carbons (Fsp3) is 0.486. The summed E-state index contributed by atoms with van der Waals surface area (Å²) in [6.07, 6.45) is 8.73. The van der Waals surface area contributed by atoms with Crippen molar-refractivity contribution in [2.45, 2.75) is 57.0 Å². The van der Waals surface area contributed by atoms with E-state index in [1.807, 2.05) is 24.1 Å². The van der Waals surface area contributed by atoms with Crippen LogP contribution in [0.3, 0.4) is 0 Å². The predicted octanol–water partition coefficient (Wildman–Crippen LogP) is 4.46. The van der Waals surface area contributed by atoms with Crippen LogP contribution in [0, 0.1) is 5.41 Å². The molecule has 7 rings (SSSR count). The van der Waals surface area contributed by atoms with Gasteiger partial charge in [0.1, 0.15) is 11.2 Å². The van der Waals surface area contributed by atoms with Crippen LogP contribution in [-0.4, -0.2) is 93.3 Å². The number of fused-ring (bicyclic) bond motifs is 7. The van der Waals surface area contributed by atoms with Crippen LogP contribution in [-0.2, 0) is 21.5 Å². The van der Waals surface area contributed by atoms with E-state index in [1.54, 1.807) is 19.2 Å². The number of methoxy groups -OCH3 is 1. The maximum atomic E-state index is 14.6. The van der Waals surface area contributed by atoms with Gasteiger partial charge in [-0.15, -0.1) is 0 Å². The molecule has 2 unspecified atom stereocenters. The first kappa shape index (κ1) is 31.0. The lowest BCUT2D eigenvalue weighted by atomic mass is 9.81. The standard InChI is InChI=1S/C35H43N5O5S/c1-37(2)46(43,44)36-33(41)23-11-13-27-30(17-23)40-21-35(34(42)39(4)24-15-16-38(3)20-24)19-29(35)28-18-25(45-5)12-14-26(28)32(40)31(27)22-9-7-6-8-10-22/h11-14,17-19,22,24H,6-10,15-16,20-21H2,1-5H3,(H,36,41). The summed E-state index contributed by atoms with van der Waals surface area (Å²) < 4.78 is 36.2. The monoisotopic (exact) mass is 645 g/mol. The molecule has 3 heterocycles. The number of nitrogens with one attached hydrogen (secondary N) is 1. The average molecular weight is 646 g/mol. The largest absolute Gasteiger partial charge is 0.497 e. The Kier molecular flexibility index (Phi) is 7.57. The van der Waals surface area contributed by atoms with Crippen molar-refractivity contribution >= 4 is 38.5 Å². The minimum absolute atomic E-state index is 0.0801. The van der Waals surface area contributed by atoms with E-state index in [2.05, 4.69) is 39.4 Å². The second-order valence-corrected chi connectivity index (χ2v) is 15.6. The van der Waals surface area contributed by atoms with E-state index in [-0.39, 0.29) is 17.5 Å². The third-order valence-corrected chi connectivity index (χ3v) is 12.1. The van der Waals surface area contributed by atoms with Gasteiger partial charge in [0, 0.05) is 62.3 Å². The van der Waals surface area contributed by atoms with Crippen LogP contribution >= 0.6 is 0 Å². The number of aromatic nitrogens is 1. The predicted molar refractivity (Wildman–Crippen MR) is 179 cm³/mol. The molecule has 2 aliphatic heterocycles. The molecule has 46 heavy (non-hydrogen) atoms. The van der Waals surface area contributed by atoms with E-state index in [0.717, 1.165) is 88.5 Å². The van der Waals surface area contributed by atoms with Gasteiger partial charge in [0.25, 0.3) is 5.91 Å². The maximum Gasteiger partial charge on any atom is 0.303 e. The van der Waals surface area contributed by atoms with Crippen molar-refractivity contribution in [2.75, 3.05) is 48.4 Å². The number of benzene rings is 2. The summed E-state index contributed by atoms with van der Waals surface area (Å²) in [5.41, 5.74) is 5.68. The molecule has 4 aliphatic rings. The van der Waals surface area contributed by atoms with Gasteiger partial charge in [0.15, 0.2) is 0 Å². The van der Waals surface area contributed by atoms with Crippen LogP contribution in [0.4, 0.5) is 0 Å². The number of nitrogens with zero attached hydrogens (tertiary/aromatic N) is 4. The molecule has 2 amide bonds. The Morgan fingerprint density at radius 3 is 2.43 bits per heavy atom. The van der Waals surface area contributed by atoms with Crippen LogP contribution in [0.1, 0.15) is 65.9 Å². The van der Waals surface area contributed by atoms with Crippen molar-refractivity contribution in [3.05, 3.63) is 59.2 Å². The van der Waals surface area contributed by atoms with Crippen LogP contribution < -0.4 is 9.46 Å². The summed E-state index contributed by atoms with van der Waals surface area (Å²) in [4.78, 5) is 32.1. The summed E-state index contributed by atoms with van der Waals surface area (Å²) in [5.74, 6) is 0.466. The Morgan fingerprint density at radius 1 is 1.00 bits per heavy atom. The zero-order chi connectivity index (χ0) is 32.5. The van der Waals surface area contributed by atoms with E-state index < -0.39 is 21.5 Å². The first-order chi connectivity index (χ1) is 21.9. The summed E-state index contributed by atoms with van der Waals surface area (Å²) in [5, 5.41) is 1.05. The molecule has 2 atom stereocenters. The van der Waals surface area contributed by atoms with Gasteiger partial charge in [-0.3, -0.25) is 9.59 Å². The van der Waals surface area contributed by atoms with E-state index in [4.69, 9.17) is 4.74 Å². The number of rotatable bonds is 7. The van der Waals surface area contributed by atoms with Gasteiger partial charge in [-0.2, -0.15) is 12.7 Å². The second kappa shape index (κ2) is 11.2. The van der Waals surface area contributed by atoms with Gasteiger partial charge in [0.2, 0.25) is 5.91 Å². The number of amides is 2. The topological polar surface area (TPSA) is 104 Å². The van der Waals surface area contributed by atoms with Gasteiger partial charge in [-0.05, 0) is 85.8 Å². The molecule has 1 saturated carbocycles. The van der Waals surface area contributed by atoms with Crippen LogP contribution in [0.5, 0.6) is 5.75 Å². The summed E-state index contributed by atoms with van der Waals surface area (Å²) in [7, 11) is 4.47. The molecule has 0 spiro atoms. The van der Waals surface area contributed by atoms with Crippen LogP contribution in [0.2, 0.25) is 0 Å². The highest BCUT2D eigenvalue weighted by atomic mass is 32.2. The lowest BCUT2D eigenvalue weighted by molar-refractivity contribution is -0.136. The summed E-state index contributed by atoms with van der Waals surface area (Å²) >= 11 is 0. The molecular formula is C35H43N5O5S. The highest BCUT2D eigenvalue weighted by Crippen LogP contribution is 2.60. The fourth-order valence-corrected chi connectivity index (χ4v) is 8.52. The zero-order valence-electron chi connectivity index (χ0n) is 27.3. The first-order valence-electron chi connectivity index (χ1n) is 16.2. The smallest absolute Gasteiger partial charge is 0.303 e. The van der Waals surface area contributed by atoms with E-state index >= 15 is 0 Å². The minimum atomic E-state index is -3.97. The number of ether oxygens (including phenoxy) is 1. The number of likely N-dealkylation sites (N-methyl/N-ethyl adjacent to an activating group) is 2. The minimum Gasteiger partial charge on any atom is -0.497 e. The molecule has 10 nitrogen and oxygen atoms in total. The quantitative estimate of drug-likeness (QED) is 0.407. The number of hydrogen-bond donors (Lipinski definition) is 1. The Morgan fingerprint density at radius 2 is 1.76 bits per heavy atom. The van der Waals surface area contributed by atoms with Gasteiger partial charge in [0.05, 0.1) is 12.8 Å². The molecule has 0 bridgehead atoms. The SMILES string of the molecule is COc1ccc2c(c1)C1=CC1(C(=O)N(C)C1CCN(C)C1)Cn1c-2c(C2CCCCC2)c2ccc(C(=O)NS(=O)(=O)N(C)C)cc21. The normalized spacial score (nSPS) is 22.9. The molecule has 1 saturated heterocycles. The Bertz CT molecular complexity index is 1890. The molecule has 244 valence electrons. The zero-order valence-corrected chi connectivity index (χ0v) is 28.1. The average Bonchev–Trinajstić information content (AvgIpc) is 3.51. The first-order valence-corrected chi connectivity index (χ1v) is 17.7. The molecule has 2 aromatic carbocycles. The van der Waals surface area contributed by atoms with Crippen molar-refractivity contribution < 1.29 is 22.7 Å². The molecule has 0 radical (unpaired) electrons. The van der Waals surface area contributed by atoms with Crippen LogP contribution in [0.25, 0.3) is 27.7 Å². The lowest BCUT2D eigenvalue weighted by Crippen LogP contribution is -2.44. The molecule has 2 aliphatic carbocycles. The Labute approximate surface area is 271 Å². The number of likely N-dealkylation sites (tertiary alicyclic amines) is 1. The summed E-state index contributed by atoms with van der Waals surface area (Å²) in [6.45, 7) is 2.21. The third-order valence-electron chi connectivity index (χ3n) is 10.7. The molecular weight excluding hydrogens is 602 g/mol. The number of carbonyl (C=O) groups is 2. The van der Waals surface area contributed by atoms with Crippen LogP contribution in [0.15, 0.2) is 42.5 Å². The van der Waals surface area contributed by atoms with E-state index in [9.17, 15) is 18.0 Å². The molecule has 3 aromatic rings. The van der Waals surface area contributed by atoms with Crippen molar-refractivity contribution in [3.63, 3.8) is 0 Å². The van der Waals surface area contributed by atoms with E-state index in [0.29, 0.717) is 12.5 Å². The van der Waals surface area contributed by atoms with Crippen molar-refractivity contribution in [1.82, 2.24) is 23.4 Å². The van der Waals surface area contributed by atoms with Crippen molar-refractivity contribution in [2.24, 2.45) is 5.41 Å². The van der Waals surface area contributed by atoms with Gasteiger partial charge in [-0.1, -0.05) is 31.4 Å². The third kappa shape index (κ3) is 4.94. The van der Waals surface area contributed by atoms with Crippen molar-refractivity contribution in [1.29, 1.82) is 0 Å². The lowest BCUT2D eigenvalue weighted by Gasteiger charge is -2.30.